The number of nitrogens with zero attached hydrogens (tertiary/aromatic N) is 1. The molecule has 0 radical (unpaired) electrons. The molecule has 1 aliphatic heterocycles. The van der Waals surface area contributed by atoms with E-state index in [1.165, 1.54) is 17.4 Å². The van der Waals surface area contributed by atoms with Crippen LogP contribution >= 0.6 is 11.3 Å². The third kappa shape index (κ3) is 2.32. The molecular weight excluding hydrogens is 263 g/mol. The van der Waals surface area contributed by atoms with Crippen LogP contribution < -0.4 is 5.32 Å². The molecule has 1 N–H and O–H groups in total. The number of hydrogen-bond acceptors (Lipinski definition) is 3. The molecule has 1 aliphatic rings. The van der Waals surface area contributed by atoms with Crippen LogP contribution in [0.25, 0.3) is 6.08 Å². The minimum atomic E-state index is -0.404. The minimum Gasteiger partial charge on any atom is -0.305 e. The van der Waals surface area contributed by atoms with Crippen molar-refractivity contribution >= 4 is 29.2 Å². The fourth-order valence-electron chi connectivity index (χ4n) is 1.76. The molecule has 5 heteroatoms. The smallest absolute Gasteiger partial charge is 0.275 e. The maximum Gasteiger partial charge on any atom is 0.275 e. The summed E-state index contributed by atoms with van der Waals surface area (Å²) in [5.41, 5.74) is 0.589. The molecule has 3 nitrogen and oxygen atoms in total. The number of hydrogen-bond donors (Lipinski definition) is 1. The second-order valence-electron chi connectivity index (χ2n) is 3.94. The largest absolute Gasteiger partial charge is 0.305 e. The van der Waals surface area contributed by atoms with Gasteiger partial charge in [0.2, 0.25) is 0 Å². The maximum absolute atomic E-state index is 13.6. The van der Waals surface area contributed by atoms with Gasteiger partial charge in [0.1, 0.15) is 17.3 Å². The Bertz CT molecular complexity index is 689. The number of rotatable bonds is 2. The lowest BCUT2D eigenvalue weighted by Gasteiger charge is -2.00. The number of amidine groups is 1. The standard InChI is InChI=1S/C14H9FN2OS/c15-11-6-2-1-5-10(11)13-16-12(14(18)17-13)8-9-4-3-7-19-9/h1-8H,(H,16,17,18)/b12-8+. The van der Waals surface area contributed by atoms with Crippen molar-refractivity contribution in [2.24, 2.45) is 4.99 Å². The number of carbonyl (C=O) groups excluding carboxylic acids is 1. The molecule has 19 heavy (non-hydrogen) atoms. The average molecular weight is 272 g/mol. The van der Waals surface area contributed by atoms with E-state index in [9.17, 15) is 9.18 Å². The van der Waals surface area contributed by atoms with Crippen molar-refractivity contribution in [1.82, 2.24) is 5.32 Å². The highest BCUT2D eigenvalue weighted by Gasteiger charge is 2.22. The van der Waals surface area contributed by atoms with Crippen LogP contribution in [-0.2, 0) is 4.79 Å². The fourth-order valence-corrected chi connectivity index (χ4v) is 2.41. The minimum absolute atomic E-state index is 0.255. The SMILES string of the molecule is O=C1NC(c2ccccc2F)=N/C1=C/c1cccs1. The van der Waals surface area contributed by atoms with Crippen LogP contribution in [0, 0.1) is 5.82 Å². The summed E-state index contributed by atoms with van der Waals surface area (Å²) in [6.45, 7) is 0. The van der Waals surface area contributed by atoms with E-state index in [0.717, 1.165) is 4.88 Å². The Morgan fingerprint density at radius 1 is 1.21 bits per heavy atom. The van der Waals surface area contributed by atoms with E-state index in [-0.39, 0.29) is 11.7 Å². The first-order chi connectivity index (χ1) is 9.24. The predicted molar refractivity (Wildman–Crippen MR) is 73.4 cm³/mol. The summed E-state index contributed by atoms with van der Waals surface area (Å²) in [4.78, 5) is 16.9. The summed E-state index contributed by atoms with van der Waals surface area (Å²) < 4.78 is 13.6. The second-order valence-corrected chi connectivity index (χ2v) is 4.92. The van der Waals surface area contributed by atoms with Crippen LogP contribution in [0.5, 0.6) is 0 Å². The molecule has 0 bridgehead atoms. The second kappa shape index (κ2) is 4.78. The summed E-state index contributed by atoms with van der Waals surface area (Å²) in [6, 6.07) is 10.0. The van der Waals surface area contributed by atoms with Crippen molar-refractivity contribution < 1.29 is 9.18 Å². The zero-order valence-corrected chi connectivity index (χ0v) is 10.6. The van der Waals surface area contributed by atoms with E-state index in [1.807, 2.05) is 17.5 Å². The lowest BCUT2D eigenvalue weighted by Crippen LogP contribution is -2.25. The molecule has 2 heterocycles. The maximum atomic E-state index is 13.6. The Kier molecular flexibility index (Phi) is 2.97. The first-order valence-electron chi connectivity index (χ1n) is 5.64. The third-order valence-corrected chi connectivity index (χ3v) is 3.47. The molecule has 94 valence electrons. The number of amides is 1. The Morgan fingerprint density at radius 3 is 2.79 bits per heavy atom. The highest BCUT2D eigenvalue weighted by atomic mass is 32.1. The zero-order valence-electron chi connectivity index (χ0n) is 9.76. The molecule has 0 saturated heterocycles. The molecule has 3 rings (SSSR count). The van der Waals surface area contributed by atoms with Crippen LogP contribution in [0.15, 0.2) is 52.5 Å². The quantitative estimate of drug-likeness (QED) is 0.839. The van der Waals surface area contributed by atoms with Crippen LogP contribution in [0.3, 0.4) is 0 Å². The number of halogens is 1. The van der Waals surface area contributed by atoms with Gasteiger partial charge in [-0.3, -0.25) is 4.79 Å². The predicted octanol–water partition coefficient (Wildman–Crippen LogP) is 2.80. The van der Waals surface area contributed by atoms with Crippen molar-refractivity contribution in [3.63, 3.8) is 0 Å². The average Bonchev–Trinajstić information content (AvgIpc) is 3.02. The van der Waals surface area contributed by atoms with E-state index in [2.05, 4.69) is 10.3 Å². The van der Waals surface area contributed by atoms with Gasteiger partial charge < -0.3 is 5.32 Å². The van der Waals surface area contributed by atoms with Crippen molar-refractivity contribution in [3.8, 4) is 0 Å². The van der Waals surface area contributed by atoms with Crippen LogP contribution in [-0.4, -0.2) is 11.7 Å². The number of carbonyl (C=O) groups is 1. The van der Waals surface area contributed by atoms with E-state index >= 15 is 0 Å². The molecule has 2 aromatic rings. The van der Waals surface area contributed by atoms with Gasteiger partial charge in [0, 0.05) is 4.88 Å². The van der Waals surface area contributed by atoms with Gasteiger partial charge in [0.05, 0.1) is 5.56 Å². The van der Waals surface area contributed by atoms with Crippen molar-refractivity contribution in [2.75, 3.05) is 0 Å². The number of nitrogens with one attached hydrogen (secondary N) is 1. The number of aliphatic imine (C=N–C) groups is 1. The first-order valence-corrected chi connectivity index (χ1v) is 6.52. The van der Waals surface area contributed by atoms with Crippen LogP contribution in [0.2, 0.25) is 0 Å². The zero-order chi connectivity index (χ0) is 13.2. The highest BCUT2D eigenvalue weighted by molar-refractivity contribution is 7.10. The van der Waals surface area contributed by atoms with Gasteiger partial charge in [-0.05, 0) is 29.7 Å². The lowest BCUT2D eigenvalue weighted by atomic mass is 10.2. The Labute approximate surface area is 113 Å². The highest BCUT2D eigenvalue weighted by Crippen LogP contribution is 2.18. The lowest BCUT2D eigenvalue weighted by molar-refractivity contribution is -0.115. The van der Waals surface area contributed by atoms with E-state index < -0.39 is 5.82 Å². The Morgan fingerprint density at radius 2 is 2.05 bits per heavy atom. The Hall–Kier alpha value is -2.27. The van der Waals surface area contributed by atoms with Gasteiger partial charge in [0.15, 0.2) is 0 Å². The van der Waals surface area contributed by atoms with Crippen molar-refractivity contribution in [2.45, 2.75) is 0 Å². The van der Waals surface area contributed by atoms with E-state index in [0.29, 0.717) is 11.3 Å². The van der Waals surface area contributed by atoms with Gasteiger partial charge in [-0.15, -0.1) is 11.3 Å². The number of thiophene rings is 1. The van der Waals surface area contributed by atoms with Crippen LogP contribution in [0.4, 0.5) is 4.39 Å². The summed E-state index contributed by atoms with van der Waals surface area (Å²) in [5.74, 6) is -0.462. The molecule has 0 saturated carbocycles. The molecule has 1 aromatic heterocycles. The number of benzene rings is 1. The fraction of sp³-hybridized carbons (Fsp3) is 0. The summed E-state index contributed by atoms with van der Waals surface area (Å²) in [7, 11) is 0. The van der Waals surface area contributed by atoms with Gasteiger partial charge in [-0.25, -0.2) is 9.38 Å². The summed E-state index contributed by atoms with van der Waals surface area (Å²) >= 11 is 1.51. The molecule has 0 aliphatic carbocycles. The van der Waals surface area contributed by atoms with E-state index in [1.54, 1.807) is 24.3 Å². The molecule has 0 unspecified atom stereocenters. The molecule has 0 fully saturated rings. The van der Waals surface area contributed by atoms with Gasteiger partial charge in [0.25, 0.3) is 5.91 Å². The molecule has 0 atom stereocenters. The van der Waals surface area contributed by atoms with Crippen molar-refractivity contribution in [1.29, 1.82) is 0 Å². The molecular formula is C14H9FN2OS. The molecule has 1 aromatic carbocycles. The monoisotopic (exact) mass is 272 g/mol. The van der Waals surface area contributed by atoms with Gasteiger partial charge >= 0.3 is 0 Å². The normalized spacial score (nSPS) is 16.6. The first kappa shape index (κ1) is 11.8. The molecule has 0 spiro atoms. The Balaban J connectivity index is 1.98. The summed E-state index contributed by atoms with van der Waals surface area (Å²) in [6.07, 6.45) is 1.69. The van der Waals surface area contributed by atoms with Crippen molar-refractivity contribution in [3.05, 3.63) is 63.7 Å². The third-order valence-electron chi connectivity index (χ3n) is 2.65. The van der Waals surface area contributed by atoms with E-state index in [4.69, 9.17) is 0 Å². The topological polar surface area (TPSA) is 41.5 Å². The van der Waals surface area contributed by atoms with Gasteiger partial charge in [-0.2, -0.15) is 0 Å². The van der Waals surface area contributed by atoms with Crippen LogP contribution in [0.1, 0.15) is 10.4 Å². The summed E-state index contributed by atoms with van der Waals surface area (Å²) in [5, 5.41) is 4.50. The molecule has 1 amide bonds. The van der Waals surface area contributed by atoms with Gasteiger partial charge in [-0.1, -0.05) is 18.2 Å².